The molecule has 2 atom stereocenters. The Labute approximate surface area is 208 Å². The zero-order valence-corrected chi connectivity index (χ0v) is 19.9. The van der Waals surface area contributed by atoms with Gasteiger partial charge in [-0.3, -0.25) is 19.2 Å². The Morgan fingerprint density at radius 2 is 1.60 bits per heavy atom. The minimum atomic E-state index is -0.931. The molecule has 0 aliphatic carbocycles. The molecular formula is C28H24ClNO5. The number of anilines is 1. The van der Waals surface area contributed by atoms with Crippen molar-refractivity contribution in [2.45, 2.75) is 25.9 Å². The molecule has 1 aliphatic heterocycles. The fourth-order valence-corrected chi connectivity index (χ4v) is 4.29. The van der Waals surface area contributed by atoms with Crippen molar-refractivity contribution in [2.24, 2.45) is 5.92 Å². The molecule has 0 spiro atoms. The van der Waals surface area contributed by atoms with Crippen LogP contribution in [0.2, 0.25) is 5.02 Å². The van der Waals surface area contributed by atoms with Gasteiger partial charge >= 0.3 is 5.97 Å². The Kier molecular flexibility index (Phi) is 7.42. The van der Waals surface area contributed by atoms with Crippen LogP contribution in [0.3, 0.4) is 0 Å². The van der Waals surface area contributed by atoms with E-state index in [4.69, 9.17) is 16.3 Å². The topological polar surface area (TPSA) is 80.8 Å². The molecule has 178 valence electrons. The van der Waals surface area contributed by atoms with Crippen molar-refractivity contribution in [3.63, 3.8) is 0 Å². The van der Waals surface area contributed by atoms with Crippen molar-refractivity contribution in [3.8, 4) is 0 Å². The van der Waals surface area contributed by atoms with E-state index >= 15 is 0 Å². The Morgan fingerprint density at radius 3 is 2.23 bits per heavy atom. The van der Waals surface area contributed by atoms with Crippen LogP contribution in [0.4, 0.5) is 5.69 Å². The van der Waals surface area contributed by atoms with Gasteiger partial charge in [0.1, 0.15) is 0 Å². The van der Waals surface area contributed by atoms with Gasteiger partial charge < -0.3 is 9.64 Å². The Morgan fingerprint density at radius 1 is 0.971 bits per heavy atom. The number of rotatable bonds is 8. The van der Waals surface area contributed by atoms with Crippen LogP contribution in [0.15, 0.2) is 78.9 Å². The highest BCUT2D eigenvalue weighted by Gasteiger charge is 2.39. The number of amides is 1. The standard InChI is InChI=1S/C28H24ClNO5/c1-2-24(27(33)19-11-7-4-8-12-19)35-28(34)20-15-25(31)30(17-20)23-14-13-21(29)16-22(23)26(32)18-9-5-3-6-10-18/h3-14,16,20,24H,2,15,17H2,1H3/t20-,24-/m0/s1. The highest BCUT2D eigenvalue weighted by molar-refractivity contribution is 6.31. The molecule has 6 nitrogen and oxygen atoms in total. The highest BCUT2D eigenvalue weighted by atomic mass is 35.5. The first-order valence-corrected chi connectivity index (χ1v) is 11.8. The molecule has 3 aromatic rings. The van der Waals surface area contributed by atoms with Crippen LogP contribution < -0.4 is 4.90 Å². The average Bonchev–Trinajstić information content (AvgIpc) is 3.28. The average molecular weight is 490 g/mol. The molecule has 0 bridgehead atoms. The quantitative estimate of drug-likeness (QED) is 0.324. The zero-order chi connectivity index (χ0) is 24.9. The number of Topliss-reactive ketones (excluding diaryl/α,β-unsaturated/α-hetero) is 1. The second-order valence-corrected chi connectivity index (χ2v) is 8.76. The lowest BCUT2D eigenvalue weighted by molar-refractivity contribution is -0.151. The molecule has 0 aromatic heterocycles. The summed E-state index contributed by atoms with van der Waals surface area (Å²) in [7, 11) is 0. The maximum Gasteiger partial charge on any atom is 0.312 e. The minimum Gasteiger partial charge on any atom is -0.454 e. The number of carbonyl (C=O) groups is 4. The number of esters is 1. The van der Waals surface area contributed by atoms with Crippen LogP contribution in [0, 0.1) is 5.92 Å². The molecule has 0 saturated carbocycles. The van der Waals surface area contributed by atoms with Crippen LogP contribution in [0.25, 0.3) is 0 Å². The minimum absolute atomic E-state index is 0.0460. The van der Waals surface area contributed by atoms with E-state index in [2.05, 4.69) is 0 Å². The van der Waals surface area contributed by atoms with Crippen molar-refractivity contribution in [3.05, 3.63) is 101 Å². The molecule has 35 heavy (non-hydrogen) atoms. The van der Waals surface area contributed by atoms with Gasteiger partial charge in [-0.2, -0.15) is 0 Å². The van der Waals surface area contributed by atoms with Gasteiger partial charge in [0.15, 0.2) is 11.9 Å². The van der Waals surface area contributed by atoms with Crippen molar-refractivity contribution in [2.75, 3.05) is 11.4 Å². The van der Waals surface area contributed by atoms with E-state index < -0.39 is 18.0 Å². The maximum absolute atomic E-state index is 13.2. The number of hydrogen-bond acceptors (Lipinski definition) is 5. The third kappa shape index (κ3) is 5.33. The summed E-state index contributed by atoms with van der Waals surface area (Å²) in [4.78, 5) is 53.2. The van der Waals surface area contributed by atoms with Gasteiger partial charge in [0.25, 0.3) is 0 Å². The summed E-state index contributed by atoms with van der Waals surface area (Å²) in [6.45, 7) is 1.81. The first-order valence-electron chi connectivity index (χ1n) is 11.4. The van der Waals surface area contributed by atoms with Crippen molar-refractivity contribution >= 4 is 40.7 Å². The van der Waals surface area contributed by atoms with Crippen molar-refractivity contribution in [1.29, 1.82) is 0 Å². The molecule has 4 rings (SSSR count). The second kappa shape index (κ2) is 10.7. The number of hydrogen-bond donors (Lipinski definition) is 0. The molecule has 1 amide bonds. The molecule has 0 N–H and O–H groups in total. The van der Waals surface area contributed by atoms with Gasteiger partial charge in [0.05, 0.1) is 11.6 Å². The fourth-order valence-electron chi connectivity index (χ4n) is 4.12. The molecular weight excluding hydrogens is 466 g/mol. The molecule has 1 aliphatic rings. The van der Waals surface area contributed by atoms with Crippen LogP contribution in [-0.2, 0) is 14.3 Å². The van der Waals surface area contributed by atoms with Gasteiger partial charge in [-0.25, -0.2) is 0 Å². The van der Waals surface area contributed by atoms with Crippen molar-refractivity contribution < 1.29 is 23.9 Å². The largest absolute Gasteiger partial charge is 0.454 e. The van der Waals surface area contributed by atoms with Crippen molar-refractivity contribution in [1.82, 2.24) is 0 Å². The molecule has 1 saturated heterocycles. The second-order valence-electron chi connectivity index (χ2n) is 8.33. The van der Waals surface area contributed by atoms with Gasteiger partial charge in [-0.05, 0) is 24.6 Å². The normalized spacial score (nSPS) is 16.1. The number of carbonyl (C=O) groups excluding carboxylic acids is 4. The van der Waals surface area contributed by atoms with E-state index in [1.807, 2.05) is 6.07 Å². The predicted octanol–water partition coefficient (Wildman–Crippen LogP) is 5.13. The third-order valence-corrected chi connectivity index (χ3v) is 6.20. The maximum atomic E-state index is 13.2. The Balaban J connectivity index is 1.53. The SMILES string of the molecule is CC[C@H](OC(=O)[C@H]1CC(=O)N(c2ccc(Cl)cc2C(=O)c2ccccc2)C1)C(=O)c1ccccc1. The van der Waals surface area contributed by atoms with Gasteiger partial charge in [0.2, 0.25) is 11.7 Å². The fraction of sp³-hybridized carbons (Fsp3) is 0.214. The molecule has 7 heteroatoms. The number of halogens is 1. The molecule has 0 radical (unpaired) electrons. The number of nitrogens with zero attached hydrogens (tertiary/aromatic N) is 1. The van der Waals surface area contributed by atoms with Crippen LogP contribution in [0.5, 0.6) is 0 Å². The lowest BCUT2D eigenvalue weighted by Gasteiger charge is -2.21. The number of benzene rings is 3. The summed E-state index contributed by atoms with van der Waals surface area (Å²) < 4.78 is 5.54. The van der Waals surface area contributed by atoms with E-state index in [9.17, 15) is 19.2 Å². The van der Waals surface area contributed by atoms with Crippen LogP contribution in [-0.4, -0.2) is 36.1 Å². The van der Waals surface area contributed by atoms with Crippen LogP contribution >= 0.6 is 11.6 Å². The van der Waals surface area contributed by atoms with E-state index in [-0.39, 0.29) is 36.0 Å². The van der Waals surface area contributed by atoms with E-state index in [0.29, 0.717) is 28.3 Å². The molecule has 3 aromatic carbocycles. The number of ether oxygens (including phenoxy) is 1. The molecule has 1 heterocycles. The van der Waals surface area contributed by atoms with E-state index in [0.717, 1.165) is 0 Å². The lowest BCUT2D eigenvalue weighted by Crippen LogP contribution is -2.32. The summed E-state index contributed by atoms with van der Waals surface area (Å²) in [6.07, 6.45) is -0.688. The van der Waals surface area contributed by atoms with Gasteiger partial charge in [-0.15, -0.1) is 0 Å². The monoisotopic (exact) mass is 489 g/mol. The van der Waals surface area contributed by atoms with E-state index in [1.165, 1.54) is 11.0 Å². The summed E-state index contributed by atoms with van der Waals surface area (Å²) in [5, 5.41) is 0.362. The Bertz CT molecular complexity index is 1260. The zero-order valence-electron chi connectivity index (χ0n) is 19.1. The Hall–Kier alpha value is -3.77. The first kappa shape index (κ1) is 24.4. The molecule has 1 fully saturated rings. The number of ketones is 2. The van der Waals surface area contributed by atoms with E-state index in [1.54, 1.807) is 73.7 Å². The smallest absolute Gasteiger partial charge is 0.312 e. The van der Waals surface area contributed by atoms with Gasteiger partial charge in [-0.1, -0.05) is 79.2 Å². The first-order chi connectivity index (χ1) is 16.9. The summed E-state index contributed by atoms with van der Waals surface area (Å²) in [5.41, 5.74) is 1.58. The van der Waals surface area contributed by atoms with Gasteiger partial charge in [0, 0.05) is 34.7 Å². The highest BCUT2D eigenvalue weighted by Crippen LogP contribution is 2.32. The summed E-state index contributed by atoms with van der Waals surface area (Å²) >= 11 is 6.16. The summed E-state index contributed by atoms with van der Waals surface area (Å²) in [5.74, 6) is -2.23. The third-order valence-electron chi connectivity index (χ3n) is 5.97. The molecule has 0 unspecified atom stereocenters. The lowest BCUT2D eigenvalue weighted by atomic mass is 10.0. The summed E-state index contributed by atoms with van der Waals surface area (Å²) in [6, 6.07) is 22.1. The predicted molar refractivity (Wildman–Crippen MR) is 133 cm³/mol. The van der Waals surface area contributed by atoms with Crippen LogP contribution in [0.1, 0.15) is 46.0 Å².